The number of carboxylic acid groups (broad SMARTS) is 1. The number of benzene rings is 1. The molecular formula is C13H14N2O3. The average molecular weight is 246 g/mol. The van der Waals surface area contributed by atoms with Crippen molar-refractivity contribution in [3.05, 3.63) is 36.0 Å². The summed E-state index contributed by atoms with van der Waals surface area (Å²) in [5.74, 6) is -0.244. The van der Waals surface area contributed by atoms with E-state index >= 15 is 0 Å². The molecule has 18 heavy (non-hydrogen) atoms. The normalized spacial score (nSPS) is 10.3. The van der Waals surface area contributed by atoms with Crippen molar-refractivity contribution in [3.63, 3.8) is 0 Å². The zero-order valence-electron chi connectivity index (χ0n) is 10.3. The summed E-state index contributed by atoms with van der Waals surface area (Å²) >= 11 is 0. The van der Waals surface area contributed by atoms with Gasteiger partial charge in [0.2, 0.25) is 0 Å². The van der Waals surface area contributed by atoms with Gasteiger partial charge >= 0.3 is 5.97 Å². The quantitative estimate of drug-likeness (QED) is 0.898. The van der Waals surface area contributed by atoms with Crippen LogP contribution in [-0.4, -0.2) is 28.0 Å². The first-order valence-electron chi connectivity index (χ1n) is 5.61. The maximum atomic E-state index is 11.2. The largest absolute Gasteiger partial charge is 0.497 e. The molecule has 0 radical (unpaired) electrons. The SMILES string of the molecule is CCn1cc(C(=O)O)c(-c2ccc(OC)cc2)n1. The number of hydrogen-bond donors (Lipinski definition) is 1. The molecule has 0 aliphatic heterocycles. The van der Waals surface area contributed by atoms with E-state index in [9.17, 15) is 4.79 Å². The van der Waals surface area contributed by atoms with Gasteiger partial charge in [-0.2, -0.15) is 5.10 Å². The van der Waals surface area contributed by atoms with Gasteiger partial charge in [-0.1, -0.05) is 0 Å². The number of carbonyl (C=O) groups is 1. The van der Waals surface area contributed by atoms with Gasteiger partial charge in [-0.15, -0.1) is 0 Å². The number of aromatic nitrogens is 2. The maximum Gasteiger partial charge on any atom is 0.339 e. The van der Waals surface area contributed by atoms with Crippen LogP contribution in [0.25, 0.3) is 11.3 Å². The molecule has 1 aromatic carbocycles. The topological polar surface area (TPSA) is 64.4 Å². The Morgan fingerprint density at radius 3 is 2.56 bits per heavy atom. The zero-order chi connectivity index (χ0) is 13.1. The van der Waals surface area contributed by atoms with Crippen LogP contribution in [0, 0.1) is 0 Å². The highest BCUT2D eigenvalue weighted by Crippen LogP contribution is 2.24. The van der Waals surface area contributed by atoms with Crippen molar-refractivity contribution in [1.82, 2.24) is 9.78 Å². The molecule has 5 nitrogen and oxygen atoms in total. The van der Waals surface area contributed by atoms with E-state index in [1.807, 2.05) is 6.92 Å². The van der Waals surface area contributed by atoms with E-state index in [2.05, 4.69) is 5.10 Å². The Hall–Kier alpha value is -2.30. The number of carboxylic acids is 1. The molecule has 0 aliphatic carbocycles. The molecule has 0 amide bonds. The Labute approximate surface area is 105 Å². The van der Waals surface area contributed by atoms with Crippen LogP contribution < -0.4 is 4.74 Å². The fraction of sp³-hybridized carbons (Fsp3) is 0.231. The van der Waals surface area contributed by atoms with Crippen LogP contribution in [-0.2, 0) is 6.54 Å². The molecular weight excluding hydrogens is 232 g/mol. The highest BCUT2D eigenvalue weighted by Gasteiger charge is 2.16. The third-order valence-corrected chi connectivity index (χ3v) is 2.68. The summed E-state index contributed by atoms with van der Waals surface area (Å²) in [7, 11) is 1.59. The number of rotatable bonds is 4. The lowest BCUT2D eigenvalue weighted by molar-refractivity contribution is 0.0697. The van der Waals surface area contributed by atoms with Crippen LogP contribution in [0.5, 0.6) is 5.75 Å². The first kappa shape index (κ1) is 12.2. The van der Waals surface area contributed by atoms with Gasteiger partial charge in [-0.05, 0) is 31.2 Å². The van der Waals surface area contributed by atoms with Gasteiger partial charge in [0.1, 0.15) is 17.0 Å². The highest BCUT2D eigenvalue weighted by atomic mass is 16.5. The molecule has 0 spiro atoms. The molecule has 1 N–H and O–H groups in total. The van der Waals surface area contributed by atoms with Gasteiger partial charge in [-0.3, -0.25) is 4.68 Å². The second-order valence-electron chi connectivity index (χ2n) is 3.78. The fourth-order valence-corrected chi connectivity index (χ4v) is 1.70. The van der Waals surface area contributed by atoms with Gasteiger partial charge in [0.05, 0.1) is 7.11 Å². The third-order valence-electron chi connectivity index (χ3n) is 2.68. The van der Waals surface area contributed by atoms with Gasteiger partial charge in [0.15, 0.2) is 0 Å². The Morgan fingerprint density at radius 2 is 2.06 bits per heavy atom. The summed E-state index contributed by atoms with van der Waals surface area (Å²) in [6.07, 6.45) is 1.54. The molecule has 0 saturated heterocycles. The van der Waals surface area contributed by atoms with E-state index in [0.717, 1.165) is 11.3 Å². The van der Waals surface area contributed by atoms with Crippen molar-refractivity contribution in [2.24, 2.45) is 0 Å². The van der Waals surface area contributed by atoms with Crippen LogP contribution >= 0.6 is 0 Å². The number of hydrogen-bond acceptors (Lipinski definition) is 3. The minimum absolute atomic E-state index is 0.210. The summed E-state index contributed by atoms with van der Waals surface area (Å²) in [5.41, 5.74) is 1.45. The molecule has 0 aliphatic rings. The molecule has 2 rings (SSSR count). The Morgan fingerprint density at radius 1 is 1.39 bits per heavy atom. The highest BCUT2D eigenvalue weighted by molar-refractivity contribution is 5.94. The number of aromatic carboxylic acids is 1. The third kappa shape index (κ3) is 2.20. The van der Waals surface area contributed by atoms with E-state index in [4.69, 9.17) is 9.84 Å². The molecule has 1 heterocycles. The zero-order valence-corrected chi connectivity index (χ0v) is 10.3. The molecule has 0 bridgehead atoms. The van der Waals surface area contributed by atoms with Crippen LogP contribution in [0.1, 0.15) is 17.3 Å². The van der Waals surface area contributed by atoms with Crippen molar-refractivity contribution < 1.29 is 14.6 Å². The minimum atomic E-state index is -0.972. The Kier molecular flexibility index (Phi) is 3.32. The molecule has 1 aromatic heterocycles. The second-order valence-corrected chi connectivity index (χ2v) is 3.78. The molecule has 0 atom stereocenters. The van der Waals surface area contributed by atoms with E-state index in [1.54, 1.807) is 42.3 Å². The lowest BCUT2D eigenvalue weighted by Crippen LogP contribution is -1.96. The summed E-state index contributed by atoms with van der Waals surface area (Å²) in [4.78, 5) is 11.2. The standard InChI is InChI=1S/C13H14N2O3/c1-3-15-8-11(13(16)17)12(14-15)9-4-6-10(18-2)7-5-9/h4-8H,3H2,1-2H3,(H,16,17). The van der Waals surface area contributed by atoms with Crippen LogP contribution in [0.15, 0.2) is 30.5 Å². The van der Waals surface area contributed by atoms with Crippen molar-refractivity contribution in [1.29, 1.82) is 0 Å². The summed E-state index contributed by atoms with van der Waals surface area (Å²) in [6.45, 7) is 2.55. The molecule has 0 saturated carbocycles. The second kappa shape index (κ2) is 4.91. The summed E-state index contributed by atoms with van der Waals surface area (Å²) < 4.78 is 6.68. The summed E-state index contributed by atoms with van der Waals surface area (Å²) in [5, 5.41) is 13.4. The van der Waals surface area contributed by atoms with Crippen LogP contribution in [0.4, 0.5) is 0 Å². The van der Waals surface area contributed by atoms with Crippen LogP contribution in [0.3, 0.4) is 0 Å². The number of aryl methyl sites for hydroxylation is 1. The van der Waals surface area contributed by atoms with E-state index in [1.165, 1.54) is 0 Å². The van der Waals surface area contributed by atoms with E-state index < -0.39 is 5.97 Å². The van der Waals surface area contributed by atoms with Crippen molar-refractivity contribution in [3.8, 4) is 17.0 Å². The summed E-state index contributed by atoms with van der Waals surface area (Å²) in [6, 6.07) is 7.17. The van der Waals surface area contributed by atoms with E-state index in [0.29, 0.717) is 12.2 Å². The monoisotopic (exact) mass is 246 g/mol. The van der Waals surface area contributed by atoms with Crippen LogP contribution in [0.2, 0.25) is 0 Å². The lowest BCUT2D eigenvalue weighted by atomic mass is 10.1. The fourth-order valence-electron chi connectivity index (χ4n) is 1.70. The Bertz CT molecular complexity index is 558. The lowest BCUT2D eigenvalue weighted by Gasteiger charge is -2.02. The first-order chi connectivity index (χ1) is 8.65. The van der Waals surface area contributed by atoms with Gasteiger partial charge < -0.3 is 9.84 Å². The molecule has 2 aromatic rings. The van der Waals surface area contributed by atoms with Gasteiger partial charge in [0, 0.05) is 18.3 Å². The number of methoxy groups -OCH3 is 1. The number of ether oxygens (including phenoxy) is 1. The smallest absolute Gasteiger partial charge is 0.339 e. The Balaban J connectivity index is 2.47. The van der Waals surface area contributed by atoms with E-state index in [-0.39, 0.29) is 5.56 Å². The number of nitrogens with zero attached hydrogens (tertiary/aromatic N) is 2. The van der Waals surface area contributed by atoms with Gasteiger partial charge in [-0.25, -0.2) is 4.79 Å². The van der Waals surface area contributed by atoms with Crippen molar-refractivity contribution in [2.75, 3.05) is 7.11 Å². The maximum absolute atomic E-state index is 11.2. The minimum Gasteiger partial charge on any atom is -0.497 e. The van der Waals surface area contributed by atoms with Crippen molar-refractivity contribution in [2.45, 2.75) is 13.5 Å². The average Bonchev–Trinajstić information content (AvgIpc) is 2.83. The molecule has 94 valence electrons. The predicted octanol–water partition coefficient (Wildman–Crippen LogP) is 2.28. The van der Waals surface area contributed by atoms with Crippen molar-refractivity contribution >= 4 is 5.97 Å². The molecule has 0 fully saturated rings. The molecule has 0 unspecified atom stereocenters. The first-order valence-corrected chi connectivity index (χ1v) is 5.61. The van der Waals surface area contributed by atoms with Gasteiger partial charge in [0.25, 0.3) is 0 Å². The molecule has 5 heteroatoms. The predicted molar refractivity (Wildman–Crippen MR) is 66.8 cm³/mol.